The van der Waals surface area contributed by atoms with E-state index in [2.05, 4.69) is 38.8 Å². The van der Waals surface area contributed by atoms with E-state index < -0.39 is 282 Å². The maximum Gasteiger partial charge on any atom is 0.295 e. The van der Waals surface area contributed by atoms with E-state index in [-0.39, 0.29) is 77.2 Å². The smallest absolute Gasteiger partial charge is 0.295 e. The molecule has 0 aliphatic carbocycles. The summed E-state index contributed by atoms with van der Waals surface area (Å²) in [4.78, 5) is 119. The van der Waals surface area contributed by atoms with Crippen molar-refractivity contribution in [3.8, 4) is 57.1 Å². The Morgan fingerprint density at radius 1 is 0.654 bits per heavy atom. The Hall–Kier alpha value is -9.04. The molecular formula is C91H121Cl2N7O30. The number of ether oxygens (including phenoxy) is 9. The van der Waals surface area contributed by atoms with E-state index in [9.17, 15) is 80.8 Å². The molecular weight excluding hydrogens is 1740 g/mol. The van der Waals surface area contributed by atoms with Crippen LogP contribution in [0.1, 0.15) is 214 Å². The number of carbonyl (C=O) groups is 8. The number of hydrogen-bond donors (Lipinski definition) is 20. The summed E-state index contributed by atoms with van der Waals surface area (Å²) in [6.45, 7) is 8.70. The molecule has 0 radical (unpaired) electrons. The Bertz CT molecular complexity index is 4780. The molecule has 5 unspecified atom stereocenters. The molecule has 3 fully saturated rings. The van der Waals surface area contributed by atoms with Gasteiger partial charge in [0.15, 0.2) is 41.7 Å². The Morgan fingerprint density at radius 2 is 1.26 bits per heavy atom. The van der Waals surface area contributed by atoms with Crippen molar-refractivity contribution in [2.24, 2.45) is 23.5 Å². The van der Waals surface area contributed by atoms with Crippen LogP contribution in [0.2, 0.25) is 10.0 Å². The fraction of sp³-hybridized carbons (Fsp3) is 0.582. The number of fused-ring (bicyclic) bond motifs is 15. The maximum absolute atomic E-state index is 16.6. The number of aliphatic hydroxyl groups excluding tert-OH is 10. The number of rotatable bonds is 34. The van der Waals surface area contributed by atoms with E-state index in [0.29, 0.717) is 13.0 Å². The lowest BCUT2D eigenvalue weighted by Gasteiger charge is -2.48. The minimum Gasteiger partial charge on any atom is -0.507 e. The number of benzene rings is 5. The van der Waals surface area contributed by atoms with Crippen molar-refractivity contribution < 1.29 is 147 Å². The van der Waals surface area contributed by atoms with Crippen LogP contribution in [-0.4, -0.2) is 244 Å². The highest BCUT2D eigenvalue weighted by atomic mass is 35.5. The first-order valence-corrected chi connectivity index (χ1v) is 45.0. The minimum absolute atomic E-state index is 0.0386. The Kier molecular flexibility index (Phi) is 36.0. The number of ketones is 2. The molecule has 13 rings (SSSR count). The van der Waals surface area contributed by atoms with Crippen molar-refractivity contribution in [3.05, 3.63) is 116 Å². The summed E-state index contributed by atoms with van der Waals surface area (Å²) in [5.74, 6) is -17.5. The number of phenols is 3. The predicted molar refractivity (Wildman–Crippen MR) is 464 cm³/mol. The Labute approximate surface area is 761 Å². The number of aromatic hydroxyl groups is 3. The number of Topliss-reactive ketones (excluding diaryl/α,β-unsaturated/α-hetero) is 2. The van der Waals surface area contributed by atoms with Crippen LogP contribution in [0.15, 0.2) is 72.8 Å². The van der Waals surface area contributed by atoms with Gasteiger partial charge in [0.2, 0.25) is 47.8 Å². The summed E-state index contributed by atoms with van der Waals surface area (Å²) in [6, 6.07) is 7.24. The van der Waals surface area contributed by atoms with Gasteiger partial charge < -0.3 is 147 Å². The molecule has 11 bridgehead atoms. The highest BCUT2D eigenvalue weighted by Gasteiger charge is 2.53. The quantitative estimate of drug-likeness (QED) is 0.0181. The lowest BCUT2D eigenvalue weighted by atomic mass is 9.84. The highest BCUT2D eigenvalue weighted by molar-refractivity contribution is 6.32. The number of unbranched alkanes of at least 4 members (excludes halogenated alkanes) is 10. The SMILES string of the molecule is CCCCCCCCCCCCCNC1(C)C[C@H](O[C@@H]2C(O)C(O)[C@@H](CO)O[C@H]2Oc2c3cc4cc2Oc2ccc(cc2Cl)[C@@H](O)[C@@H](NC(=O)[C@H](CC)CC(C)C)C(=O)C[C@@H](CC(N)=O)C(=O)N[C@H]4C(=O)C[C@@H]2C(=O)N[C@H](C(=O)N[C@H](OC=O)c4cc(O)c(CNCCO[C@@H]5OC(CO)[C@@H](O)[C@H](O)C5O)c(O)c4-c4cc2ccc4O)[C@H](O)c2ccc(c(Cl)c2)O3)O[C@@H](C)[C@H]1O. The highest BCUT2D eigenvalue weighted by Crippen LogP contribution is 2.52. The Balaban J connectivity index is 1.06. The van der Waals surface area contributed by atoms with Crippen molar-refractivity contribution in [3.63, 3.8) is 0 Å². The number of hydrogen-bond acceptors (Lipinski definition) is 32. The van der Waals surface area contributed by atoms with Crippen LogP contribution in [0.3, 0.4) is 0 Å². The third-order valence-corrected chi connectivity index (χ3v) is 25.4. The van der Waals surface area contributed by atoms with Gasteiger partial charge in [-0.25, -0.2) is 0 Å². The van der Waals surface area contributed by atoms with Gasteiger partial charge in [-0.1, -0.05) is 133 Å². The number of amides is 5. The molecule has 130 heavy (non-hydrogen) atoms. The average molecular weight is 1860 g/mol. The summed E-state index contributed by atoms with van der Waals surface area (Å²) in [5.41, 5.74) is 1.99. The third-order valence-electron chi connectivity index (χ3n) is 24.8. The summed E-state index contributed by atoms with van der Waals surface area (Å²) >= 11 is 14.5. The van der Waals surface area contributed by atoms with Crippen molar-refractivity contribution in [1.29, 1.82) is 0 Å². The van der Waals surface area contributed by atoms with E-state index >= 15 is 24.0 Å². The van der Waals surface area contributed by atoms with Gasteiger partial charge in [0.1, 0.15) is 102 Å². The second-order valence-electron chi connectivity index (χ2n) is 34.8. The lowest BCUT2D eigenvalue weighted by Crippen LogP contribution is -2.65. The molecule has 21 N–H and O–H groups in total. The van der Waals surface area contributed by atoms with Gasteiger partial charge in [-0.05, 0) is 122 Å². The minimum atomic E-state index is -2.26. The molecule has 0 spiro atoms. The van der Waals surface area contributed by atoms with Gasteiger partial charge in [0.05, 0.1) is 59.5 Å². The zero-order valence-corrected chi connectivity index (χ0v) is 74.6. The van der Waals surface area contributed by atoms with Crippen LogP contribution in [0.25, 0.3) is 11.1 Å². The molecule has 5 amide bonds. The standard InChI is InChI=1S/C91H121Cl2N7O30/c1-7-9-10-11-12-13-14-15-16-17-18-25-96-91(6)38-68(124-44(5)83(91)117)129-82-79(115)77(113)66(41-102)128-90(82)130-81-63-33-49-34-64(81)126-62-24-21-48(31-56(62)93)74(110)72-87(121)100-88(123-42-103)53-37-58(105)54(39-95-26-27-122-89-80(116)78(114)76(112)65(40-101)127-89)75(111)69(53)52-29-46(19-22-57(52)104)51(86(120)99-72)36-60(107)70(49)97-85(119)50(35-67(94)108)32-59(106)71(98-84(118)45(8-2)28-43(3)4)73(109)47-20-23-61(125-63)55(92)30-47/h19-24,29-31,33-34,37,42-45,50-51,65-66,68,70-74,76-80,82-83,88-90,95-96,101-102,104-105,109-117H,7-18,25-28,32,35-36,38-41H2,1-6H3,(H2,94,108)(H,97,119)(H,98,118)(H,99,120)(H,100,121)/t44-,45+,50-,51-,65?,66+,68-,70+,71-,72-,73+,74+,76+,77?,78-,79?,80?,82+,83+,88+,89+,90-,91?/m0/s1. The number of phenolic OH excluding ortho intramolecular Hbond substituents is 3. The second-order valence-corrected chi connectivity index (χ2v) is 35.6. The first kappa shape index (κ1) is 101. The van der Waals surface area contributed by atoms with Crippen molar-refractivity contribution in [2.75, 3.05) is 32.9 Å². The molecule has 3 saturated heterocycles. The number of aliphatic hydroxyl groups is 10. The molecule has 5 aromatic rings. The third kappa shape index (κ3) is 24.3. The van der Waals surface area contributed by atoms with Crippen molar-refractivity contribution >= 4 is 70.8 Å². The van der Waals surface area contributed by atoms with E-state index in [1.54, 1.807) is 20.8 Å². The van der Waals surface area contributed by atoms with E-state index in [4.69, 9.17) is 71.6 Å². The van der Waals surface area contributed by atoms with Crippen LogP contribution in [0.5, 0.6) is 46.0 Å². The van der Waals surface area contributed by atoms with E-state index in [1.165, 1.54) is 68.9 Å². The largest absolute Gasteiger partial charge is 0.507 e. The monoisotopic (exact) mass is 1860 g/mol. The normalized spacial score (nSPS) is 29.2. The van der Waals surface area contributed by atoms with E-state index in [1.807, 2.05) is 13.8 Å². The molecule has 0 aromatic heterocycles. The summed E-state index contributed by atoms with van der Waals surface area (Å²) in [6.07, 6.45) is -17.8. The lowest BCUT2D eigenvalue weighted by molar-refractivity contribution is -0.334. The molecule has 5 aromatic carbocycles. The van der Waals surface area contributed by atoms with Crippen LogP contribution in [-0.2, 0) is 73.3 Å². The van der Waals surface area contributed by atoms with Crippen LogP contribution >= 0.6 is 23.2 Å². The summed E-state index contributed by atoms with van der Waals surface area (Å²) in [5, 5.41) is 166. The zero-order valence-electron chi connectivity index (χ0n) is 73.1. The van der Waals surface area contributed by atoms with Crippen LogP contribution in [0, 0.1) is 17.8 Å². The van der Waals surface area contributed by atoms with Gasteiger partial charge in [-0.2, -0.15) is 0 Å². The van der Waals surface area contributed by atoms with Gasteiger partial charge in [0, 0.05) is 66.9 Å². The topological polar surface area (TPSA) is 581 Å². The average Bonchev–Trinajstić information content (AvgIpc) is 0.892. The number of primary amides is 1. The van der Waals surface area contributed by atoms with E-state index in [0.717, 1.165) is 74.6 Å². The zero-order chi connectivity index (χ0) is 94.3. The molecule has 714 valence electrons. The van der Waals surface area contributed by atoms with Crippen molar-refractivity contribution in [1.82, 2.24) is 31.9 Å². The fourth-order valence-corrected chi connectivity index (χ4v) is 17.8. The van der Waals surface area contributed by atoms with Gasteiger partial charge >= 0.3 is 0 Å². The van der Waals surface area contributed by atoms with Crippen molar-refractivity contribution in [2.45, 2.75) is 285 Å². The molecule has 8 aliphatic heterocycles. The van der Waals surface area contributed by atoms with Gasteiger partial charge in [0.25, 0.3) is 6.47 Å². The van der Waals surface area contributed by atoms with Crippen LogP contribution in [0.4, 0.5) is 0 Å². The summed E-state index contributed by atoms with van der Waals surface area (Å²) in [7, 11) is 0. The predicted octanol–water partition coefficient (Wildman–Crippen LogP) is 5.41. The number of carbonyl (C=O) groups excluding carboxylic acids is 8. The molecule has 37 nitrogen and oxygen atoms in total. The molecule has 39 heteroatoms. The number of halogens is 2. The Morgan fingerprint density at radius 3 is 1.86 bits per heavy atom. The fourth-order valence-electron chi connectivity index (χ4n) is 17.4. The molecule has 0 saturated carbocycles. The molecule has 8 aliphatic rings. The number of nitrogens with two attached hydrogens (primary N) is 1. The molecule has 8 heterocycles. The first-order chi connectivity index (χ1) is 62.0. The maximum atomic E-state index is 16.6. The summed E-state index contributed by atoms with van der Waals surface area (Å²) < 4.78 is 56.4. The van der Waals surface area contributed by atoms with Crippen LogP contribution < -0.4 is 51.8 Å². The first-order valence-electron chi connectivity index (χ1n) is 44.2. The molecule has 23 atom stereocenters. The number of nitrogens with one attached hydrogen (secondary N) is 6. The second kappa shape index (κ2) is 46.1. The van der Waals surface area contributed by atoms with Gasteiger partial charge in [-0.15, -0.1) is 0 Å². The van der Waals surface area contributed by atoms with Gasteiger partial charge in [-0.3, -0.25) is 38.4 Å².